The normalized spacial score (nSPS) is 15.6. The third kappa shape index (κ3) is 4.26. The molecule has 3 aromatic rings. The summed E-state index contributed by atoms with van der Waals surface area (Å²) in [4.78, 5) is 55.6. The molecule has 4 rings (SSSR count). The van der Waals surface area contributed by atoms with Crippen LogP contribution in [0.2, 0.25) is 0 Å². The molecule has 0 aliphatic heterocycles. The molecule has 2 aromatic heterocycles. The van der Waals surface area contributed by atoms with Gasteiger partial charge in [0.1, 0.15) is 11.4 Å². The maximum atomic E-state index is 13.4. The predicted molar refractivity (Wildman–Crippen MR) is 133 cm³/mol. The number of ketones is 1. The smallest absolute Gasteiger partial charge is 0.339 e. The highest BCUT2D eigenvalue weighted by Crippen LogP contribution is 2.39. The summed E-state index contributed by atoms with van der Waals surface area (Å²) in [5.41, 5.74) is 6.90. The zero-order chi connectivity index (χ0) is 25.7. The van der Waals surface area contributed by atoms with Crippen LogP contribution in [0.25, 0.3) is 10.9 Å². The van der Waals surface area contributed by atoms with Gasteiger partial charge in [-0.3, -0.25) is 23.7 Å². The predicted octanol–water partition coefficient (Wildman–Crippen LogP) is 2.41. The maximum absolute atomic E-state index is 13.4. The van der Waals surface area contributed by atoms with Crippen molar-refractivity contribution in [2.75, 3.05) is 12.3 Å². The molecule has 2 N–H and O–H groups in total. The van der Waals surface area contributed by atoms with Crippen molar-refractivity contribution >= 4 is 28.5 Å². The monoisotopic (exact) mass is 478 g/mol. The summed E-state index contributed by atoms with van der Waals surface area (Å²) < 4.78 is 7.26. The van der Waals surface area contributed by atoms with Gasteiger partial charge in [-0.15, -0.1) is 0 Å². The molecule has 0 saturated carbocycles. The van der Waals surface area contributed by atoms with E-state index in [9.17, 15) is 19.2 Å². The molecular formula is C26H30N4O5. The van der Waals surface area contributed by atoms with E-state index in [1.54, 1.807) is 0 Å². The fourth-order valence-electron chi connectivity index (χ4n) is 4.76. The van der Waals surface area contributed by atoms with Gasteiger partial charge in [-0.1, -0.05) is 39.0 Å². The molecule has 1 atom stereocenters. The molecule has 9 heteroatoms. The molecule has 2 heterocycles. The van der Waals surface area contributed by atoms with E-state index in [4.69, 9.17) is 15.5 Å². The first-order valence-electron chi connectivity index (χ1n) is 11.6. The van der Waals surface area contributed by atoms with Crippen LogP contribution in [0, 0.1) is 11.3 Å². The Balaban J connectivity index is 1.71. The van der Waals surface area contributed by atoms with E-state index in [0.29, 0.717) is 28.8 Å². The van der Waals surface area contributed by atoms with Gasteiger partial charge in [0.25, 0.3) is 5.56 Å². The molecular weight excluding hydrogens is 448 g/mol. The summed E-state index contributed by atoms with van der Waals surface area (Å²) in [5, 5.41) is 0.663. The Kier molecular flexibility index (Phi) is 6.12. The maximum Gasteiger partial charge on any atom is 0.339 e. The third-order valence-corrected chi connectivity index (χ3v) is 7.01. The van der Waals surface area contributed by atoms with Gasteiger partial charge in [-0.2, -0.15) is 0 Å². The molecule has 0 amide bonds. The van der Waals surface area contributed by atoms with Crippen LogP contribution in [0.5, 0.6) is 0 Å². The fourth-order valence-corrected chi connectivity index (χ4v) is 4.76. The van der Waals surface area contributed by atoms with E-state index in [1.807, 2.05) is 24.3 Å². The van der Waals surface area contributed by atoms with Crippen LogP contribution in [0.15, 0.2) is 33.9 Å². The number of aryl methyl sites for hydroxylation is 1. The van der Waals surface area contributed by atoms with Gasteiger partial charge >= 0.3 is 11.7 Å². The minimum absolute atomic E-state index is 0.0569. The number of nitrogen functional groups attached to an aromatic ring is 1. The number of para-hydroxylation sites is 1. The van der Waals surface area contributed by atoms with E-state index in [1.165, 1.54) is 14.1 Å². The van der Waals surface area contributed by atoms with E-state index < -0.39 is 29.6 Å². The molecule has 0 bridgehead atoms. The highest BCUT2D eigenvalue weighted by molar-refractivity contribution is 6.07. The molecule has 0 saturated heterocycles. The number of fused-ring (bicyclic) bond motifs is 2. The number of ether oxygens (including phenoxy) is 1. The van der Waals surface area contributed by atoms with Gasteiger partial charge in [-0.05, 0) is 42.2 Å². The number of nitrogens with two attached hydrogens (primary N) is 1. The van der Waals surface area contributed by atoms with Crippen molar-refractivity contribution in [3.8, 4) is 0 Å². The van der Waals surface area contributed by atoms with Crippen molar-refractivity contribution in [2.24, 2.45) is 25.4 Å². The van der Waals surface area contributed by atoms with Crippen molar-refractivity contribution in [3.05, 3.63) is 67.5 Å². The molecule has 0 spiro atoms. The number of carbonyl (C=O) groups is 2. The Morgan fingerprint density at radius 3 is 2.49 bits per heavy atom. The van der Waals surface area contributed by atoms with Gasteiger partial charge in [0.15, 0.2) is 6.61 Å². The van der Waals surface area contributed by atoms with E-state index in [-0.39, 0.29) is 16.8 Å². The second-order valence-corrected chi connectivity index (χ2v) is 10.2. The largest absolute Gasteiger partial charge is 0.454 e. The van der Waals surface area contributed by atoms with Gasteiger partial charge < -0.3 is 10.5 Å². The van der Waals surface area contributed by atoms with Crippen LogP contribution >= 0.6 is 0 Å². The lowest BCUT2D eigenvalue weighted by atomic mass is 9.70. The zero-order valence-corrected chi connectivity index (χ0v) is 20.7. The first-order chi connectivity index (χ1) is 16.4. The molecule has 0 fully saturated rings. The Morgan fingerprint density at radius 2 is 1.80 bits per heavy atom. The molecule has 35 heavy (non-hydrogen) atoms. The van der Waals surface area contributed by atoms with Gasteiger partial charge in [-0.25, -0.2) is 9.59 Å². The Hall–Kier alpha value is -3.75. The lowest BCUT2D eigenvalue weighted by Crippen LogP contribution is -2.42. The SMILES string of the molecule is Cn1c(N)c(C(=O)COC(=O)c2c3c(nc4ccccc24)CCC(C(C)(C)C)C3)c(=O)n(C)c1=O. The zero-order valence-electron chi connectivity index (χ0n) is 20.7. The lowest BCUT2D eigenvalue weighted by molar-refractivity contribution is 0.0473. The number of anilines is 1. The van der Waals surface area contributed by atoms with Crippen molar-refractivity contribution in [3.63, 3.8) is 0 Å². The summed E-state index contributed by atoms with van der Waals surface area (Å²) in [6.07, 6.45) is 2.42. The first kappa shape index (κ1) is 24.4. The van der Waals surface area contributed by atoms with E-state index >= 15 is 0 Å². The van der Waals surface area contributed by atoms with Crippen molar-refractivity contribution in [2.45, 2.75) is 40.0 Å². The van der Waals surface area contributed by atoms with Crippen molar-refractivity contribution in [1.82, 2.24) is 14.1 Å². The minimum Gasteiger partial charge on any atom is -0.454 e. The number of carbonyl (C=O) groups excluding carboxylic acids is 2. The summed E-state index contributed by atoms with van der Waals surface area (Å²) in [6.45, 7) is 5.88. The molecule has 1 aliphatic rings. The molecule has 1 unspecified atom stereocenters. The number of hydrogen-bond donors (Lipinski definition) is 1. The molecule has 1 aliphatic carbocycles. The summed E-state index contributed by atoms with van der Waals surface area (Å²) in [6, 6.07) is 7.36. The van der Waals surface area contributed by atoms with Gasteiger partial charge in [0.05, 0.1) is 11.1 Å². The average molecular weight is 479 g/mol. The first-order valence-corrected chi connectivity index (χ1v) is 11.6. The summed E-state index contributed by atoms with van der Waals surface area (Å²) >= 11 is 0. The number of benzene rings is 1. The van der Waals surface area contributed by atoms with Crippen LogP contribution in [0.3, 0.4) is 0 Å². The molecule has 0 radical (unpaired) electrons. The summed E-state index contributed by atoms with van der Waals surface area (Å²) in [7, 11) is 2.62. The van der Waals surface area contributed by atoms with Crippen LogP contribution in [0.4, 0.5) is 5.82 Å². The number of hydrogen-bond acceptors (Lipinski definition) is 7. The fraction of sp³-hybridized carbons (Fsp3) is 0.423. The van der Waals surface area contributed by atoms with Crippen LogP contribution in [-0.4, -0.2) is 32.5 Å². The topological polar surface area (TPSA) is 126 Å². The number of Topliss-reactive ketones (excluding diaryl/α,β-unsaturated/α-hetero) is 1. The molecule has 184 valence electrons. The van der Waals surface area contributed by atoms with Crippen molar-refractivity contribution < 1.29 is 14.3 Å². The van der Waals surface area contributed by atoms with Crippen LogP contribution in [0.1, 0.15) is 59.2 Å². The van der Waals surface area contributed by atoms with Gasteiger partial charge in [0.2, 0.25) is 5.78 Å². The minimum atomic E-state index is -0.827. The second kappa shape index (κ2) is 8.79. The lowest BCUT2D eigenvalue weighted by Gasteiger charge is -2.35. The van der Waals surface area contributed by atoms with E-state index in [2.05, 4.69) is 20.8 Å². The highest BCUT2D eigenvalue weighted by atomic mass is 16.5. The highest BCUT2D eigenvalue weighted by Gasteiger charge is 2.33. The second-order valence-electron chi connectivity index (χ2n) is 10.2. The average Bonchev–Trinajstić information content (AvgIpc) is 2.82. The van der Waals surface area contributed by atoms with Crippen LogP contribution < -0.4 is 17.0 Å². The van der Waals surface area contributed by atoms with E-state index in [0.717, 1.165) is 33.2 Å². The van der Waals surface area contributed by atoms with Crippen molar-refractivity contribution in [1.29, 1.82) is 0 Å². The summed E-state index contributed by atoms with van der Waals surface area (Å²) in [5.74, 6) is -1.33. The number of nitrogens with zero attached hydrogens (tertiary/aromatic N) is 3. The number of aromatic nitrogens is 3. The Bertz CT molecular complexity index is 1480. The molecule has 9 nitrogen and oxygen atoms in total. The third-order valence-electron chi connectivity index (χ3n) is 7.01. The Labute approximate surface area is 202 Å². The van der Waals surface area contributed by atoms with Gasteiger partial charge in [0, 0.05) is 25.2 Å². The quantitative estimate of drug-likeness (QED) is 0.451. The van der Waals surface area contributed by atoms with Crippen LogP contribution in [-0.2, 0) is 31.7 Å². The Morgan fingerprint density at radius 1 is 1.11 bits per heavy atom. The standard InChI is InChI=1S/C26H30N4O5/c1-26(2,3)14-10-11-18-16(12-14)20(15-8-6-7-9-17(15)28-18)24(33)35-13-19(31)21-22(27)29(4)25(34)30(5)23(21)32/h6-9,14H,10-13,27H2,1-5H3. The number of pyridine rings is 1. The molecule has 1 aromatic carbocycles. The number of esters is 1. The number of rotatable bonds is 4.